The number of ether oxygens (including phenoxy) is 2. The lowest BCUT2D eigenvalue weighted by molar-refractivity contribution is 0.404. The molecule has 0 aliphatic heterocycles. The molecule has 19 heavy (non-hydrogen) atoms. The molecular formula is C14H9F2NO2. The van der Waals surface area contributed by atoms with Gasteiger partial charge in [0.2, 0.25) is 0 Å². The monoisotopic (exact) mass is 261 g/mol. The smallest absolute Gasteiger partial charge is 0.166 e. The van der Waals surface area contributed by atoms with Gasteiger partial charge < -0.3 is 9.47 Å². The molecule has 0 saturated carbocycles. The largest absolute Gasteiger partial charge is 0.497 e. The van der Waals surface area contributed by atoms with Crippen LogP contribution in [0.1, 0.15) is 5.56 Å². The first-order valence-electron chi connectivity index (χ1n) is 5.35. The van der Waals surface area contributed by atoms with Crippen LogP contribution >= 0.6 is 0 Å². The number of hydrogen-bond acceptors (Lipinski definition) is 3. The molecule has 2 aromatic rings. The van der Waals surface area contributed by atoms with E-state index in [1.807, 2.05) is 6.07 Å². The molecular weight excluding hydrogens is 252 g/mol. The Morgan fingerprint density at radius 1 is 1.05 bits per heavy atom. The van der Waals surface area contributed by atoms with Gasteiger partial charge in [0.25, 0.3) is 0 Å². The standard InChI is InChI=1S/C14H9F2NO2/c1-18-11-4-2-9(8-17)13(7-11)19-14-6-10(15)3-5-12(14)16/h2-7H,1H3. The lowest BCUT2D eigenvalue weighted by Gasteiger charge is -2.09. The lowest BCUT2D eigenvalue weighted by atomic mass is 10.2. The second kappa shape index (κ2) is 5.36. The third kappa shape index (κ3) is 2.80. The molecule has 0 spiro atoms. The Morgan fingerprint density at radius 2 is 1.84 bits per heavy atom. The third-order valence-electron chi connectivity index (χ3n) is 2.42. The number of hydrogen-bond donors (Lipinski definition) is 0. The summed E-state index contributed by atoms with van der Waals surface area (Å²) in [5.74, 6) is -1.08. The summed E-state index contributed by atoms with van der Waals surface area (Å²) in [6.45, 7) is 0. The van der Waals surface area contributed by atoms with Crippen molar-refractivity contribution in [3.05, 3.63) is 53.6 Å². The molecule has 0 fully saturated rings. The first-order chi connectivity index (χ1) is 9.13. The summed E-state index contributed by atoms with van der Waals surface area (Å²) in [6, 6.07) is 9.25. The Kier molecular flexibility index (Phi) is 3.62. The Bertz CT molecular complexity index is 650. The SMILES string of the molecule is COc1ccc(C#N)c(Oc2cc(F)ccc2F)c1. The van der Waals surface area contributed by atoms with Crippen LogP contribution in [0.3, 0.4) is 0 Å². The van der Waals surface area contributed by atoms with Crippen LogP contribution in [0.25, 0.3) is 0 Å². The van der Waals surface area contributed by atoms with E-state index in [9.17, 15) is 8.78 Å². The first kappa shape index (κ1) is 12.8. The fraction of sp³-hybridized carbons (Fsp3) is 0.0714. The topological polar surface area (TPSA) is 42.2 Å². The van der Waals surface area contributed by atoms with Gasteiger partial charge >= 0.3 is 0 Å². The summed E-state index contributed by atoms with van der Waals surface area (Å²) in [5, 5.41) is 8.95. The number of methoxy groups -OCH3 is 1. The van der Waals surface area contributed by atoms with E-state index in [0.717, 1.165) is 18.2 Å². The van der Waals surface area contributed by atoms with Crippen molar-refractivity contribution >= 4 is 0 Å². The van der Waals surface area contributed by atoms with Crippen LogP contribution in [0.15, 0.2) is 36.4 Å². The van der Waals surface area contributed by atoms with Gasteiger partial charge in [-0.2, -0.15) is 5.26 Å². The van der Waals surface area contributed by atoms with Crippen molar-refractivity contribution in [1.82, 2.24) is 0 Å². The molecule has 0 aliphatic rings. The van der Waals surface area contributed by atoms with Gasteiger partial charge in [-0.1, -0.05) is 0 Å². The average molecular weight is 261 g/mol. The molecule has 3 nitrogen and oxygen atoms in total. The summed E-state index contributed by atoms with van der Waals surface area (Å²) in [6.07, 6.45) is 0. The van der Waals surface area contributed by atoms with Gasteiger partial charge in [-0.15, -0.1) is 0 Å². The minimum Gasteiger partial charge on any atom is -0.497 e. The Hall–Kier alpha value is -2.61. The quantitative estimate of drug-likeness (QED) is 0.847. The van der Waals surface area contributed by atoms with E-state index >= 15 is 0 Å². The molecule has 0 saturated heterocycles. The van der Waals surface area contributed by atoms with E-state index in [1.165, 1.54) is 19.2 Å². The van der Waals surface area contributed by atoms with Gasteiger partial charge in [0, 0.05) is 12.1 Å². The molecule has 0 amide bonds. The molecule has 0 radical (unpaired) electrons. The maximum absolute atomic E-state index is 13.5. The Morgan fingerprint density at radius 3 is 2.53 bits per heavy atom. The number of benzene rings is 2. The van der Waals surface area contributed by atoms with Crippen molar-refractivity contribution in [3.8, 4) is 23.3 Å². The summed E-state index contributed by atoms with van der Waals surface area (Å²) < 4.78 is 36.7. The molecule has 2 rings (SSSR count). The molecule has 0 aromatic heterocycles. The summed E-state index contributed by atoms with van der Waals surface area (Å²) in [4.78, 5) is 0. The average Bonchev–Trinajstić information content (AvgIpc) is 2.42. The number of halogens is 2. The van der Waals surface area contributed by atoms with Gasteiger partial charge in [0.15, 0.2) is 11.6 Å². The zero-order valence-corrected chi connectivity index (χ0v) is 9.98. The second-order valence-corrected chi connectivity index (χ2v) is 3.65. The predicted octanol–water partition coefficient (Wildman–Crippen LogP) is 3.64. The summed E-state index contributed by atoms with van der Waals surface area (Å²) in [5.41, 5.74) is 0.199. The van der Waals surface area contributed by atoms with E-state index in [0.29, 0.717) is 5.75 Å². The fourth-order valence-electron chi connectivity index (χ4n) is 1.48. The van der Waals surface area contributed by atoms with Crippen molar-refractivity contribution < 1.29 is 18.3 Å². The molecule has 2 aromatic carbocycles. The van der Waals surface area contributed by atoms with Crippen molar-refractivity contribution in [3.63, 3.8) is 0 Å². The van der Waals surface area contributed by atoms with Crippen LogP contribution in [0.4, 0.5) is 8.78 Å². The number of nitrogens with zero attached hydrogens (tertiary/aromatic N) is 1. The van der Waals surface area contributed by atoms with E-state index in [4.69, 9.17) is 14.7 Å². The van der Waals surface area contributed by atoms with Crippen LogP contribution in [0, 0.1) is 23.0 Å². The fourth-order valence-corrected chi connectivity index (χ4v) is 1.48. The van der Waals surface area contributed by atoms with Crippen LogP contribution in [0.2, 0.25) is 0 Å². The minimum atomic E-state index is -0.715. The zero-order chi connectivity index (χ0) is 13.8. The highest BCUT2D eigenvalue weighted by Gasteiger charge is 2.11. The molecule has 0 aliphatic carbocycles. The van der Waals surface area contributed by atoms with Gasteiger partial charge in [-0.25, -0.2) is 8.78 Å². The first-order valence-corrected chi connectivity index (χ1v) is 5.35. The predicted molar refractivity (Wildman–Crippen MR) is 64.1 cm³/mol. The van der Waals surface area contributed by atoms with Crippen LogP contribution in [-0.2, 0) is 0 Å². The molecule has 96 valence electrons. The lowest BCUT2D eigenvalue weighted by Crippen LogP contribution is -1.93. The third-order valence-corrected chi connectivity index (χ3v) is 2.42. The summed E-state index contributed by atoms with van der Waals surface area (Å²) in [7, 11) is 1.45. The molecule has 0 bridgehead atoms. The van der Waals surface area contributed by atoms with Crippen molar-refractivity contribution in [2.75, 3.05) is 7.11 Å². The van der Waals surface area contributed by atoms with Crippen LogP contribution < -0.4 is 9.47 Å². The molecule has 0 heterocycles. The normalized spacial score (nSPS) is 9.79. The second-order valence-electron chi connectivity index (χ2n) is 3.65. The van der Waals surface area contributed by atoms with Crippen molar-refractivity contribution in [2.45, 2.75) is 0 Å². The van der Waals surface area contributed by atoms with Gasteiger partial charge in [0.05, 0.1) is 12.7 Å². The van der Waals surface area contributed by atoms with Crippen molar-refractivity contribution in [2.24, 2.45) is 0 Å². The van der Waals surface area contributed by atoms with Crippen LogP contribution in [0.5, 0.6) is 17.2 Å². The highest BCUT2D eigenvalue weighted by atomic mass is 19.1. The molecule has 0 N–H and O–H groups in total. The highest BCUT2D eigenvalue weighted by Crippen LogP contribution is 2.30. The molecule has 5 heteroatoms. The van der Waals surface area contributed by atoms with E-state index in [-0.39, 0.29) is 17.1 Å². The van der Waals surface area contributed by atoms with Gasteiger partial charge in [-0.3, -0.25) is 0 Å². The summed E-state index contributed by atoms with van der Waals surface area (Å²) >= 11 is 0. The Labute approximate surface area is 108 Å². The van der Waals surface area contributed by atoms with E-state index in [1.54, 1.807) is 6.07 Å². The van der Waals surface area contributed by atoms with Gasteiger partial charge in [0.1, 0.15) is 23.4 Å². The maximum atomic E-state index is 13.5. The van der Waals surface area contributed by atoms with E-state index in [2.05, 4.69) is 0 Å². The van der Waals surface area contributed by atoms with Crippen molar-refractivity contribution in [1.29, 1.82) is 5.26 Å². The minimum absolute atomic E-state index is 0.103. The van der Waals surface area contributed by atoms with Gasteiger partial charge in [-0.05, 0) is 24.3 Å². The zero-order valence-electron chi connectivity index (χ0n) is 9.98. The van der Waals surface area contributed by atoms with E-state index < -0.39 is 11.6 Å². The van der Waals surface area contributed by atoms with Crippen LogP contribution in [-0.4, -0.2) is 7.11 Å². The molecule has 0 atom stereocenters. The maximum Gasteiger partial charge on any atom is 0.166 e. The molecule has 0 unspecified atom stereocenters. The Balaban J connectivity index is 2.42. The number of rotatable bonds is 3. The highest BCUT2D eigenvalue weighted by molar-refractivity contribution is 5.49. The number of nitriles is 1.